The van der Waals surface area contributed by atoms with Gasteiger partial charge < -0.3 is 26.2 Å². The minimum absolute atomic E-state index is 1.46. The van der Waals surface area contributed by atoms with Gasteiger partial charge >= 0.3 is 17.9 Å². The Hall–Kier alpha value is 0.194. The zero-order chi connectivity index (χ0) is 11.2. The van der Waals surface area contributed by atoms with Crippen LogP contribution in [0.4, 0.5) is 0 Å². The first-order valence-electron chi connectivity index (χ1n) is 3.97. The normalized spacial score (nSPS) is 13.3. The van der Waals surface area contributed by atoms with Crippen LogP contribution in [0, 0.1) is 0 Å². The van der Waals surface area contributed by atoms with E-state index >= 15 is 0 Å². The maximum Gasteiger partial charge on any atom is 0.671 e. The topological polar surface area (TPSA) is 55.4 Å². The van der Waals surface area contributed by atoms with Crippen LogP contribution in [-0.4, -0.2) is 53.4 Å². The molecule has 0 unspecified atom stereocenters. The lowest BCUT2D eigenvalue weighted by Crippen LogP contribution is -2.57. The van der Waals surface area contributed by atoms with Gasteiger partial charge in [0.05, 0.1) is 0 Å². The van der Waals surface area contributed by atoms with E-state index in [0.29, 0.717) is 0 Å². The maximum atomic E-state index is 5.54. The lowest BCUT2D eigenvalue weighted by atomic mass is 11.8. The molecule has 0 radical (unpaired) electrons. The summed E-state index contributed by atoms with van der Waals surface area (Å²) in [6.45, 7) is 1.73. The Balaban J connectivity index is 4.56. The van der Waals surface area contributed by atoms with Crippen LogP contribution in [-0.2, 0) is 26.2 Å². The van der Waals surface area contributed by atoms with Crippen molar-refractivity contribution in [2.75, 3.05) is 35.5 Å². The van der Waals surface area contributed by atoms with Crippen molar-refractivity contribution in [3.8, 4) is 0 Å². The lowest BCUT2D eigenvalue weighted by molar-refractivity contribution is 0.0169. The van der Waals surface area contributed by atoms with Gasteiger partial charge in [0.25, 0.3) is 0 Å². The third-order valence-corrected chi connectivity index (χ3v) is 7.27. The Kier molecular flexibility index (Phi) is 6.01. The van der Waals surface area contributed by atoms with Crippen LogP contribution in [0.1, 0.15) is 0 Å². The van der Waals surface area contributed by atoms with Crippen molar-refractivity contribution in [2.24, 2.45) is 0 Å². The van der Waals surface area contributed by atoms with Gasteiger partial charge in [0.15, 0.2) is 0 Å². The molecule has 6 nitrogen and oxygen atoms in total. The highest BCUT2D eigenvalue weighted by atomic mass is 28.5. The molecular formula is C6H18O6Si2. The summed E-state index contributed by atoms with van der Waals surface area (Å²) >= 11 is 0. The predicted molar refractivity (Wildman–Crippen MR) is 53.5 cm³/mol. The molecule has 0 aliphatic rings. The Morgan fingerprint density at radius 2 is 1.00 bits per heavy atom. The summed E-state index contributed by atoms with van der Waals surface area (Å²) in [5, 5.41) is 0. The first kappa shape index (κ1) is 14.2. The molecular weight excluding hydrogens is 224 g/mol. The van der Waals surface area contributed by atoms with Crippen LogP contribution >= 0.6 is 0 Å². The Morgan fingerprint density at radius 3 is 1.21 bits per heavy atom. The van der Waals surface area contributed by atoms with E-state index < -0.39 is 17.9 Å². The van der Waals surface area contributed by atoms with Crippen molar-refractivity contribution in [2.45, 2.75) is 6.55 Å². The van der Waals surface area contributed by atoms with Gasteiger partial charge in [0.1, 0.15) is 0 Å². The monoisotopic (exact) mass is 242 g/mol. The summed E-state index contributed by atoms with van der Waals surface area (Å²) in [5.41, 5.74) is 0. The van der Waals surface area contributed by atoms with Crippen LogP contribution in [0.2, 0.25) is 6.55 Å². The van der Waals surface area contributed by atoms with Gasteiger partial charge in [0.2, 0.25) is 0 Å². The zero-order valence-corrected chi connectivity index (χ0v) is 11.4. The van der Waals surface area contributed by atoms with Gasteiger partial charge in [-0.2, -0.15) is 0 Å². The summed E-state index contributed by atoms with van der Waals surface area (Å²) in [6.07, 6.45) is 0. The SMILES string of the molecule is CO[Si](C)(OC)O[Si](OC)(OC)OC. The summed E-state index contributed by atoms with van der Waals surface area (Å²) in [7, 11) is 1.60. The van der Waals surface area contributed by atoms with Crippen LogP contribution in [0.25, 0.3) is 0 Å². The second kappa shape index (κ2) is 5.93. The molecule has 0 aromatic heterocycles. The van der Waals surface area contributed by atoms with Gasteiger partial charge in [-0.15, -0.1) is 0 Å². The highest BCUT2D eigenvalue weighted by Gasteiger charge is 2.51. The van der Waals surface area contributed by atoms with Crippen LogP contribution in [0.5, 0.6) is 0 Å². The Morgan fingerprint density at radius 1 is 0.643 bits per heavy atom. The molecule has 0 saturated carbocycles. The van der Waals surface area contributed by atoms with Crippen LogP contribution in [0.3, 0.4) is 0 Å². The van der Waals surface area contributed by atoms with Gasteiger partial charge in [-0.1, -0.05) is 0 Å². The molecule has 0 fully saturated rings. The van der Waals surface area contributed by atoms with E-state index in [1.54, 1.807) is 6.55 Å². The average molecular weight is 242 g/mol. The Labute approximate surface area is 86.9 Å². The predicted octanol–water partition coefficient (Wildman–Crippen LogP) is 0.239. The fourth-order valence-electron chi connectivity index (χ4n) is 0.769. The lowest BCUT2D eigenvalue weighted by Gasteiger charge is -2.31. The van der Waals surface area contributed by atoms with Gasteiger partial charge in [-0.25, -0.2) is 0 Å². The minimum atomic E-state index is -3.08. The molecule has 0 spiro atoms. The van der Waals surface area contributed by atoms with Gasteiger partial charge in [-0.05, 0) is 0 Å². The van der Waals surface area contributed by atoms with E-state index in [0.717, 1.165) is 0 Å². The summed E-state index contributed by atoms with van der Waals surface area (Å²) < 4.78 is 31.1. The highest BCUT2D eigenvalue weighted by molar-refractivity contribution is 6.71. The summed E-state index contributed by atoms with van der Waals surface area (Å²) in [4.78, 5) is 0. The van der Waals surface area contributed by atoms with Crippen molar-refractivity contribution < 1.29 is 26.2 Å². The quantitative estimate of drug-likeness (QED) is 0.596. The molecule has 0 amide bonds. The smallest absolute Gasteiger partial charge is 0.377 e. The van der Waals surface area contributed by atoms with Crippen molar-refractivity contribution in [3.05, 3.63) is 0 Å². The van der Waals surface area contributed by atoms with E-state index in [4.69, 9.17) is 26.2 Å². The number of rotatable bonds is 7. The molecule has 0 atom stereocenters. The van der Waals surface area contributed by atoms with Crippen molar-refractivity contribution >= 4 is 17.9 Å². The number of hydrogen-bond acceptors (Lipinski definition) is 6. The summed E-state index contributed by atoms with van der Waals surface area (Å²) in [5.74, 6) is 0. The molecule has 0 N–H and O–H groups in total. The highest BCUT2D eigenvalue weighted by Crippen LogP contribution is 2.17. The van der Waals surface area contributed by atoms with E-state index in [2.05, 4.69) is 0 Å². The first-order chi connectivity index (χ1) is 6.51. The fourth-order valence-corrected chi connectivity index (χ4v) is 4.92. The van der Waals surface area contributed by atoms with Crippen molar-refractivity contribution in [1.82, 2.24) is 0 Å². The molecule has 0 aliphatic heterocycles. The van der Waals surface area contributed by atoms with Gasteiger partial charge in [0, 0.05) is 42.1 Å². The van der Waals surface area contributed by atoms with Crippen molar-refractivity contribution in [3.63, 3.8) is 0 Å². The molecule has 0 bridgehead atoms. The molecule has 0 rings (SSSR count). The van der Waals surface area contributed by atoms with E-state index in [-0.39, 0.29) is 0 Å². The molecule has 14 heavy (non-hydrogen) atoms. The fraction of sp³-hybridized carbons (Fsp3) is 1.00. The maximum absolute atomic E-state index is 5.54. The minimum Gasteiger partial charge on any atom is -0.377 e. The Bertz CT molecular complexity index is 150. The van der Waals surface area contributed by atoms with Crippen molar-refractivity contribution in [1.29, 1.82) is 0 Å². The standard InChI is InChI=1S/C6H18O6Si2/c1-7-13(6,8-2)12-14(9-3,10-4)11-5/h1-6H3. The third-order valence-electron chi connectivity index (χ3n) is 1.80. The molecule has 0 aliphatic carbocycles. The molecule has 0 aromatic carbocycles. The second-order valence-electron chi connectivity index (χ2n) is 2.49. The summed E-state index contributed by atoms with van der Waals surface area (Å²) in [6, 6.07) is 0. The molecule has 86 valence electrons. The van der Waals surface area contributed by atoms with Crippen LogP contribution < -0.4 is 0 Å². The zero-order valence-electron chi connectivity index (χ0n) is 9.45. The third kappa shape index (κ3) is 3.40. The van der Waals surface area contributed by atoms with E-state index in [1.165, 1.54) is 35.5 Å². The molecule has 0 aromatic rings. The first-order valence-corrected chi connectivity index (χ1v) is 7.83. The molecule has 0 saturated heterocycles. The average Bonchev–Trinajstić information content (AvgIpc) is 2.26. The molecule has 8 heteroatoms. The number of hydrogen-bond donors (Lipinski definition) is 0. The van der Waals surface area contributed by atoms with E-state index in [1.807, 2.05) is 0 Å². The largest absolute Gasteiger partial charge is 0.671 e. The van der Waals surface area contributed by atoms with Gasteiger partial charge in [-0.3, -0.25) is 0 Å². The van der Waals surface area contributed by atoms with E-state index in [9.17, 15) is 0 Å². The van der Waals surface area contributed by atoms with Crippen LogP contribution in [0.15, 0.2) is 0 Å². The molecule has 0 heterocycles. The second-order valence-corrected chi connectivity index (χ2v) is 8.07.